The Morgan fingerprint density at radius 3 is 3.17 bits per heavy atom. The van der Waals surface area contributed by atoms with Gasteiger partial charge in [0.1, 0.15) is 5.60 Å². The van der Waals surface area contributed by atoms with E-state index in [9.17, 15) is 4.79 Å². The van der Waals surface area contributed by atoms with Crippen molar-refractivity contribution in [2.45, 2.75) is 12.0 Å². The van der Waals surface area contributed by atoms with Crippen molar-refractivity contribution >= 4 is 11.6 Å². The Kier molecular flexibility index (Phi) is 3.78. The minimum Gasteiger partial charge on any atom is -0.397 e. The highest BCUT2D eigenvalue weighted by molar-refractivity contribution is 5.98. The molecule has 6 heteroatoms. The molecule has 1 atom stereocenters. The standard InChI is InChI=1S/C12H17N3O3/c1-17-12(3-5-18-8-12)7-15-11(16)9-2-4-14-6-10(9)13/h2,4,6H,3,5,7-8,13H2,1H3,(H,15,16). The molecule has 1 unspecified atom stereocenters. The van der Waals surface area contributed by atoms with Crippen LogP contribution in [0.2, 0.25) is 0 Å². The van der Waals surface area contributed by atoms with Crippen molar-refractivity contribution in [2.24, 2.45) is 0 Å². The molecule has 0 saturated carbocycles. The van der Waals surface area contributed by atoms with E-state index in [1.807, 2.05) is 0 Å². The van der Waals surface area contributed by atoms with E-state index >= 15 is 0 Å². The predicted octanol–water partition coefficient (Wildman–Crippen LogP) is 0.199. The summed E-state index contributed by atoms with van der Waals surface area (Å²) in [6.07, 6.45) is 3.77. The number of hydrogen-bond acceptors (Lipinski definition) is 5. The predicted molar refractivity (Wildman–Crippen MR) is 66.2 cm³/mol. The van der Waals surface area contributed by atoms with Gasteiger partial charge < -0.3 is 20.5 Å². The van der Waals surface area contributed by atoms with Crippen LogP contribution in [0.15, 0.2) is 18.5 Å². The zero-order chi connectivity index (χ0) is 13.0. The Morgan fingerprint density at radius 1 is 1.72 bits per heavy atom. The molecule has 2 rings (SSSR count). The number of ether oxygens (including phenoxy) is 2. The van der Waals surface area contributed by atoms with Crippen molar-refractivity contribution in [2.75, 3.05) is 32.6 Å². The first kappa shape index (κ1) is 12.8. The van der Waals surface area contributed by atoms with Gasteiger partial charge in [-0.25, -0.2) is 0 Å². The zero-order valence-electron chi connectivity index (χ0n) is 10.3. The average Bonchev–Trinajstić information content (AvgIpc) is 2.86. The SMILES string of the molecule is COC1(CNC(=O)c2ccncc2N)CCOC1. The number of methoxy groups -OCH3 is 1. The van der Waals surface area contributed by atoms with E-state index in [2.05, 4.69) is 10.3 Å². The van der Waals surface area contributed by atoms with Crippen molar-refractivity contribution in [3.63, 3.8) is 0 Å². The van der Waals surface area contributed by atoms with Crippen LogP contribution >= 0.6 is 0 Å². The third-order valence-electron chi connectivity index (χ3n) is 3.17. The number of hydrogen-bond donors (Lipinski definition) is 2. The highest BCUT2D eigenvalue weighted by atomic mass is 16.5. The Hall–Kier alpha value is -1.66. The summed E-state index contributed by atoms with van der Waals surface area (Å²) in [6.45, 7) is 1.56. The van der Waals surface area contributed by atoms with Gasteiger partial charge in [0.05, 0.1) is 24.1 Å². The normalized spacial score (nSPS) is 22.9. The number of pyridine rings is 1. The summed E-state index contributed by atoms with van der Waals surface area (Å²) < 4.78 is 10.7. The highest BCUT2D eigenvalue weighted by Gasteiger charge is 2.35. The topological polar surface area (TPSA) is 86.5 Å². The molecule has 0 aliphatic carbocycles. The zero-order valence-corrected chi connectivity index (χ0v) is 10.3. The molecular formula is C12H17N3O3. The van der Waals surface area contributed by atoms with Crippen LogP contribution in [-0.4, -0.2) is 43.4 Å². The average molecular weight is 251 g/mol. The fourth-order valence-corrected chi connectivity index (χ4v) is 1.91. The number of anilines is 1. The van der Waals surface area contributed by atoms with Crippen molar-refractivity contribution in [3.05, 3.63) is 24.0 Å². The summed E-state index contributed by atoms with van der Waals surface area (Å²) in [5, 5.41) is 2.82. The van der Waals surface area contributed by atoms with Gasteiger partial charge in [0.2, 0.25) is 0 Å². The van der Waals surface area contributed by atoms with E-state index in [0.29, 0.717) is 31.0 Å². The van der Waals surface area contributed by atoms with Crippen LogP contribution in [-0.2, 0) is 9.47 Å². The molecule has 0 spiro atoms. The van der Waals surface area contributed by atoms with E-state index in [1.54, 1.807) is 13.2 Å². The first-order valence-corrected chi connectivity index (χ1v) is 5.77. The van der Waals surface area contributed by atoms with Gasteiger partial charge >= 0.3 is 0 Å². The summed E-state index contributed by atoms with van der Waals surface area (Å²) >= 11 is 0. The van der Waals surface area contributed by atoms with Crippen molar-refractivity contribution in [1.29, 1.82) is 0 Å². The molecule has 1 saturated heterocycles. The molecule has 98 valence electrons. The first-order valence-electron chi connectivity index (χ1n) is 5.77. The molecule has 1 aliphatic rings. The number of carbonyl (C=O) groups is 1. The van der Waals surface area contributed by atoms with Crippen LogP contribution in [0.1, 0.15) is 16.8 Å². The lowest BCUT2D eigenvalue weighted by molar-refractivity contribution is -0.0148. The number of nitrogen functional groups attached to an aromatic ring is 1. The van der Waals surface area contributed by atoms with Crippen molar-refractivity contribution in [1.82, 2.24) is 10.3 Å². The molecule has 1 amide bonds. The lowest BCUT2D eigenvalue weighted by Gasteiger charge is -2.25. The van der Waals surface area contributed by atoms with Crippen molar-refractivity contribution in [3.8, 4) is 0 Å². The Bertz CT molecular complexity index is 430. The Labute approximate surface area is 105 Å². The van der Waals surface area contributed by atoms with Crippen LogP contribution in [0.25, 0.3) is 0 Å². The Balaban J connectivity index is 1.98. The number of nitrogens with one attached hydrogen (secondary N) is 1. The summed E-state index contributed by atoms with van der Waals surface area (Å²) in [7, 11) is 1.63. The second-order valence-corrected chi connectivity index (χ2v) is 4.34. The van der Waals surface area contributed by atoms with Crippen LogP contribution in [0.4, 0.5) is 5.69 Å². The number of aromatic nitrogens is 1. The van der Waals surface area contributed by atoms with Gasteiger partial charge in [0.15, 0.2) is 0 Å². The maximum Gasteiger partial charge on any atom is 0.253 e. The van der Waals surface area contributed by atoms with E-state index in [-0.39, 0.29) is 5.91 Å². The summed E-state index contributed by atoms with van der Waals surface area (Å²) in [5.74, 6) is -0.224. The molecule has 1 fully saturated rings. The smallest absolute Gasteiger partial charge is 0.253 e. The largest absolute Gasteiger partial charge is 0.397 e. The van der Waals surface area contributed by atoms with E-state index < -0.39 is 5.60 Å². The monoisotopic (exact) mass is 251 g/mol. The van der Waals surface area contributed by atoms with Gasteiger partial charge in [-0.2, -0.15) is 0 Å². The fourth-order valence-electron chi connectivity index (χ4n) is 1.91. The third kappa shape index (κ3) is 2.60. The van der Waals surface area contributed by atoms with Crippen LogP contribution in [0.3, 0.4) is 0 Å². The molecule has 1 aliphatic heterocycles. The number of carbonyl (C=O) groups excluding carboxylic acids is 1. The van der Waals surface area contributed by atoms with E-state index in [1.165, 1.54) is 12.4 Å². The summed E-state index contributed by atoms with van der Waals surface area (Å²) in [4.78, 5) is 15.8. The second kappa shape index (κ2) is 5.32. The van der Waals surface area contributed by atoms with E-state index in [4.69, 9.17) is 15.2 Å². The molecule has 1 aromatic heterocycles. The number of rotatable bonds is 4. The molecule has 3 N–H and O–H groups in total. The van der Waals surface area contributed by atoms with Gasteiger partial charge in [-0.1, -0.05) is 0 Å². The van der Waals surface area contributed by atoms with Crippen LogP contribution < -0.4 is 11.1 Å². The van der Waals surface area contributed by atoms with Gasteiger partial charge in [-0.05, 0) is 6.07 Å². The lowest BCUT2D eigenvalue weighted by Crippen LogP contribution is -2.45. The molecular weight excluding hydrogens is 234 g/mol. The maximum atomic E-state index is 12.0. The molecule has 2 heterocycles. The molecule has 0 bridgehead atoms. The molecule has 18 heavy (non-hydrogen) atoms. The maximum absolute atomic E-state index is 12.0. The quantitative estimate of drug-likeness (QED) is 0.798. The number of amides is 1. The molecule has 0 aromatic carbocycles. The molecule has 1 aromatic rings. The Morgan fingerprint density at radius 2 is 2.56 bits per heavy atom. The fraction of sp³-hybridized carbons (Fsp3) is 0.500. The van der Waals surface area contributed by atoms with Gasteiger partial charge in [-0.3, -0.25) is 9.78 Å². The first-order chi connectivity index (χ1) is 8.67. The van der Waals surface area contributed by atoms with Crippen LogP contribution in [0, 0.1) is 0 Å². The summed E-state index contributed by atoms with van der Waals surface area (Å²) in [6, 6.07) is 1.59. The van der Waals surface area contributed by atoms with Gasteiger partial charge in [0, 0.05) is 32.9 Å². The number of nitrogens with zero attached hydrogens (tertiary/aromatic N) is 1. The molecule has 0 radical (unpaired) electrons. The van der Waals surface area contributed by atoms with Crippen LogP contribution in [0.5, 0.6) is 0 Å². The lowest BCUT2D eigenvalue weighted by atomic mass is 10.0. The van der Waals surface area contributed by atoms with Gasteiger partial charge in [0.25, 0.3) is 5.91 Å². The van der Waals surface area contributed by atoms with Gasteiger partial charge in [-0.15, -0.1) is 0 Å². The molecule has 6 nitrogen and oxygen atoms in total. The number of nitrogens with two attached hydrogens (primary N) is 1. The minimum atomic E-state index is -0.419. The highest BCUT2D eigenvalue weighted by Crippen LogP contribution is 2.21. The second-order valence-electron chi connectivity index (χ2n) is 4.34. The summed E-state index contributed by atoms with van der Waals surface area (Å²) in [5.41, 5.74) is 6.06. The van der Waals surface area contributed by atoms with Crippen molar-refractivity contribution < 1.29 is 14.3 Å². The minimum absolute atomic E-state index is 0.224. The third-order valence-corrected chi connectivity index (χ3v) is 3.17. The van der Waals surface area contributed by atoms with E-state index in [0.717, 1.165) is 6.42 Å².